The molecule has 3 N–H and O–H groups in total. The molecule has 8 nitrogen and oxygen atoms in total. The fourth-order valence-electron chi connectivity index (χ4n) is 3.19. The molecule has 2 heterocycles. The second-order valence-electron chi connectivity index (χ2n) is 6.76. The van der Waals surface area contributed by atoms with Gasteiger partial charge < -0.3 is 19.8 Å². The van der Waals surface area contributed by atoms with Crippen molar-refractivity contribution in [2.75, 3.05) is 14.2 Å². The van der Waals surface area contributed by atoms with Gasteiger partial charge in [0.1, 0.15) is 22.9 Å². The highest BCUT2D eigenvalue weighted by Gasteiger charge is 2.11. The van der Waals surface area contributed by atoms with Crippen LogP contribution in [-0.2, 0) is 13.1 Å². The first kappa shape index (κ1) is 19.5. The summed E-state index contributed by atoms with van der Waals surface area (Å²) in [7, 11) is 3.37. The lowest BCUT2D eigenvalue weighted by molar-refractivity contribution is 0.415. The Morgan fingerprint density at radius 3 is 2.60 bits per heavy atom. The van der Waals surface area contributed by atoms with E-state index in [4.69, 9.17) is 9.15 Å². The van der Waals surface area contributed by atoms with Gasteiger partial charge in [0.15, 0.2) is 11.8 Å². The van der Waals surface area contributed by atoms with Crippen LogP contribution in [0.5, 0.6) is 5.75 Å². The highest BCUT2D eigenvalue weighted by molar-refractivity contribution is 5.82. The molecule has 8 heteroatoms. The average molecular weight is 404 g/mol. The minimum atomic E-state index is 0.460. The zero-order valence-electron chi connectivity index (χ0n) is 17.2. The Hall–Kier alpha value is -3.81. The number of aromatic nitrogens is 3. The zero-order valence-corrected chi connectivity index (χ0v) is 17.2. The SMILES string of the molecule is CN=C(NCc1nc(-c2ccc(OC)cc2)n[nH]1)NCc1oc2ccccc2c1C. The summed E-state index contributed by atoms with van der Waals surface area (Å²) in [5, 5.41) is 14.9. The molecule has 0 aliphatic heterocycles. The highest BCUT2D eigenvalue weighted by atomic mass is 16.5. The van der Waals surface area contributed by atoms with Crippen molar-refractivity contribution in [3.63, 3.8) is 0 Å². The number of nitrogens with one attached hydrogen (secondary N) is 3. The van der Waals surface area contributed by atoms with Gasteiger partial charge in [0.25, 0.3) is 0 Å². The van der Waals surface area contributed by atoms with Gasteiger partial charge in [0.2, 0.25) is 0 Å². The van der Waals surface area contributed by atoms with E-state index in [2.05, 4.69) is 43.8 Å². The number of fused-ring (bicyclic) bond motifs is 1. The summed E-state index contributed by atoms with van der Waals surface area (Å²) in [4.78, 5) is 8.79. The molecule has 0 saturated carbocycles. The standard InChI is InChI=1S/C22H24N6O2/c1-14-17-6-4-5-7-18(17)30-19(14)12-24-22(23-2)25-13-20-26-21(28-27-20)15-8-10-16(29-3)11-9-15/h4-11H,12-13H2,1-3H3,(H2,23,24,25)(H,26,27,28). The van der Waals surface area contributed by atoms with Crippen LogP contribution in [0.4, 0.5) is 0 Å². The van der Waals surface area contributed by atoms with E-state index < -0.39 is 0 Å². The number of benzene rings is 2. The van der Waals surface area contributed by atoms with Gasteiger partial charge in [-0.05, 0) is 37.3 Å². The topological polar surface area (TPSA) is 100 Å². The van der Waals surface area contributed by atoms with E-state index >= 15 is 0 Å². The first-order valence-corrected chi connectivity index (χ1v) is 9.65. The molecule has 0 saturated heterocycles. The third kappa shape index (κ3) is 4.12. The van der Waals surface area contributed by atoms with E-state index in [0.717, 1.165) is 33.6 Å². The maximum absolute atomic E-state index is 5.94. The van der Waals surface area contributed by atoms with E-state index in [1.165, 1.54) is 0 Å². The normalized spacial score (nSPS) is 11.6. The molecule has 4 aromatic rings. The fraction of sp³-hybridized carbons (Fsp3) is 0.227. The third-order valence-electron chi connectivity index (χ3n) is 4.89. The molecule has 4 rings (SSSR count). The van der Waals surface area contributed by atoms with Gasteiger partial charge >= 0.3 is 0 Å². The maximum Gasteiger partial charge on any atom is 0.191 e. The van der Waals surface area contributed by atoms with Crippen molar-refractivity contribution in [3.05, 3.63) is 65.7 Å². The Kier molecular flexibility index (Phi) is 5.65. The summed E-state index contributed by atoms with van der Waals surface area (Å²) >= 11 is 0. The molecular formula is C22H24N6O2. The lowest BCUT2D eigenvalue weighted by Crippen LogP contribution is -2.36. The predicted molar refractivity (Wildman–Crippen MR) is 116 cm³/mol. The zero-order chi connectivity index (χ0) is 20.9. The van der Waals surface area contributed by atoms with E-state index in [9.17, 15) is 0 Å². The molecule has 0 amide bonds. The van der Waals surface area contributed by atoms with Crippen molar-refractivity contribution in [1.82, 2.24) is 25.8 Å². The van der Waals surface area contributed by atoms with Gasteiger partial charge in [-0.2, -0.15) is 5.10 Å². The molecule has 0 bridgehead atoms. The van der Waals surface area contributed by atoms with Gasteiger partial charge in [0, 0.05) is 23.6 Å². The first-order valence-electron chi connectivity index (χ1n) is 9.65. The minimum absolute atomic E-state index is 0.460. The number of ether oxygens (including phenoxy) is 1. The summed E-state index contributed by atoms with van der Waals surface area (Å²) in [6.07, 6.45) is 0. The van der Waals surface area contributed by atoms with Gasteiger partial charge in [-0.1, -0.05) is 18.2 Å². The maximum atomic E-state index is 5.94. The Balaban J connectivity index is 1.35. The molecule has 30 heavy (non-hydrogen) atoms. The second kappa shape index (κ2) is 8.69. The molecule has 2 aromatic heterocycles. The number of furan rings is 1. The van der Waals surface area contributed by atoms with Crippen LogP contribution in [-0.4, -0.2) is 35.3 Å². The largest absolute Gasteiger partial charge is 0.497 e. The molecule has 0 spiro atoms. The average Bonchev–Trinajstić information content (AvgIpc) is 3.39. The number of aryl methyl sites for hydroxylation is 1. The van der Waals surface area contributed by atoms with Crippen molar-refractivity contribution in [1.29, 1.82) is 0 Å². The number of methoxy groups -OCH3 is 1. The number of guanidine groups is 1. The monoisotopic (exact) mass is 404 g/mol. The lowest BCUT2D eigenvalue weighted by Gasteiger charge is -2.10. The minimum Gasteiger partial charge on any atom is -0.497 e. The Morgan fingerprint density at radius 1 is 1.10 bits per heavy atom. The van der Waals surface area contributed by atoms with E-state index in [-0.39, 0.29) is 0 Å². The number of H-pyrrole nitrogens is 1. The summed E-state index contributed by atoms with van der Waals surface area (Å²) < 4.78 is 11.1. The number of aliphatic imine (C=N–C) groups is 1. The Bertz CT molecular complexity index is 1160. The molecule has 0 aliphatic rings. The number of hydrogen-bond donors (Lipinski definition) is 3. The summed E-state index contributed by atoms with van der Waals surface area (Å²) in [6.45, 7) is 3.06. The summed E-state index contributed by atoms with van der Waals surface area (Å²) in [6, 6.07) is 15.6. The van der Waals surface area contributed by atoms with Crippen molar-refractivity contribution in [3.8, 4) is 17.1 Å². The molecular weight excluding hydrogens is 380 g/mol. The molecule has 0 unspecified atom stereocenters. The number of hydrogen-bond acceptors (Lipinski definition) is 5. The van der Waals surface area contributed by atoms with Gasteiger partial charge in [0.05, 0.1) is 20.2 Å². The van der Waals surface area contributed by atoms with Crippen molar-refractivity contribution in [2.24, 2.45) is 4.99 Å². The summed E-state index contributed by atoms with van der Waals surface area (Å²) in [5.41, 5.74) is 2.94. The van der Waals surface area contributed by atoms with Crippen LogP contribution in [0.1, 0.15) is 17.1 Å². The number of rotatable bonds is 6. The molecule has 2 aromatic carbocycles. The predicted octanol–water partition coefficient (Wildman–Crippen LogP) is 3.40. The molecule has 0 atom stereocenters. The van der Waals surface area contributed by atoms with Gasteiger partial charge in [-0.15, -0.1) is 0 Å². The molecule has 0 fully saturated rings. The van der Waals surface area contributed by atoms with Crippen LogP contribution >= 0.6 is 0 Å². The highest BCUT2D eigenvalue weighted by Crippen LogP contribution is 2.24. The van der Waals surface area contributed by atoms with Crippen LogP contribution in [0.25, 0.3) is 22.4 Å². The van der Waals surface area contributed by atoms with Crippen molar-refractivity contribution < 1.29 is 9.15 Å². The molecule has 154 valence electrons. The first-order chi connectivity index (χ1) is 14.7. The summed E-state index contributed by atoms with van der Waals surface area (Å²) in [5.74, 6) is 3.68. The van der Waals surface area contributed by atoms with E-state index in [1.54, 1.807) is 14.2 Å². The Morgan fingerprint density at radius 2 is 1.87 bits per heavy atom. The van der Waals surface area contributed by atoms with Gasteiger partial charge in [-0.25, -0.2) is 4.98 Å². The van der Waals surface area contributed by atoms with Gasteiger partial charge in [-0.3, -0.25) is 10.1 Å². The van der Waals surface area contributed by atoms with Crippen LogP contribution in [0, 0.1) is 6.92 Å². The van der Waals surface area contributed by atoms with Crippen LogP contribution < -0.4 is 15.4 Å². The number of aromatic amines is 1. The third-order valence-corrected chi connectivity index (χ3v) is 4.89. The second-order valence-corrected chi connectivity index (χ2v) is 6.76. The van der Waals surface area contributed by atoms with Crippen LogP contribution in [0.15, 0.2) is 57.9 Å². The van der Waals surface area contributed by atoms with Crippen molar-refractivity contribution >= 4 is 16.9 Å². The van der Waals surface area contributed by atoms with E-state index in [0.29, 0.717) is 30.7 Å². The lowest BCUT2D eigenvalue weighted by atomic mass is 10.1. The Labute approximate surface area is 174 Å². The van der Waals surface area contributed by atoms with Crippen LogP contribution in [0.2, 0.25) is 0 Å². The van der Waals surface area contributed by atoms with Crippen LogP contribution in [0.3, 0.4) is 0 Å². The van der Waals surface area contributed by atoms with E-state index in [1.807, 2.05) is 42.5 Å². The molecule has 0 aliphatic carbocycles. The number of nitrogens with zero attached hydrogens (tertiary/aromatic N) is 3. The smallest absolute Gasteiger partial charge is 0.191 e. The quantitative estimate of drug-likeness (QED) is 0.336. The van der Waals surface area contributed by atoms with Crippen molar-refractivity contribution in [2.45, 2.75) is 20.0 Å². The fourth-order valence-corrected chi connectivity index (χ4v) is 3.19. The molecule has 0 radical (unpaired) electrons. The number of para-hydroxylation sites is 1.